The predicted molar refractivity (Wildman–Crippen MR) is 64.8 cm³/mol. The molecular formula is C13H13NO4. The molecular weight excluding hydrogens is 234 g/mol. The van der Waals surface area contributed by atoms with Gasteiger partial charge < -0.3 is 9.47 Å². The number of benzene rings is 1. The topological polar surface area (TPSA) is 55.8 Å². The molecule has 0 spiro atoms. The molecule has 1 fully saturated rings. The molecule has 0 unspecified atom stereocenters. The van der Waals surface area contributed by atoms with Crippen LogP contribution in [0.1, 0.15) is 12.5 Å². The Hall–Kier alpha value is -2.30. The zero-order chi connectivity index (χ0) is 13.1. The molecule has 5 nitrogen and oxygen atoms in total. The predicted octanol–water partition coefficient (Wildman–Crippen LogP) is 2.03. The number of carbonyl (C=O) groups is 2. The van der Waals surface area contributed by atoms with E-state index in [0.29, 0.717) is 6.54 Å². The third-order valence-electron chi connectivity index (χ3n) is 2.60. The van der Waals surface area contributed by atoms with Crippen molar-refractivity contribution in [1.82, 2.24) is 4.90 Å². The molecule has 5 heteroatoms. The van der Waals surface area contributed by atoms with E-state index in [9.17, 15) is 9.59 Å². The summed E-state index contributed by atoms with van der Waals surface area (Å²) >= 11 is 0. The minimum Gasteiger partial charge on any atom is -0.497 e. The summed E-state index contributed by atoms with van der Waals surface area (Å²) in [6.45, 7) is 2.02. The maximum atomic E-state index is 11.8. The van der Waals surface area contributed by atoms with Gasteiger partial charge in [-0.2, -0.15) is 0 Å². The van der Waals surface area contributed by atoms with E-state index in [2.05, 4.69) is 0 Å². The number of imide groups is 1. The number of carbonyl (C=O) groups excluding carboxylic acids is 2. The van der Waals surface area contributed by atoms with Gasteiger partial charge in [0.05, 0.1) is 7.11 Å². The minimum atomic E-state index is -0.623. The van der Waals surface area contributed by atoms with Crippen LogP contribution in [0.2, 0.25) is 0 Å². The highest BCUT2D eigenvalue weighted by Crippen LogP contribution is 2.20. The molecule has 0 aromatic heterocycles. The Morgan fingerprint density at radius 2 is 1.94 bits per heavy atom. The first-order valence-electron chi connectivity index (χ1n) is 5.55. The van der Waals surface area contributed by atoms with Crippen molar-refractivity contribution in [3.8, 4) is 5.75 Å². The van der Waals surface area contributed by atoms with E-state index in [1.807, 2.05) is 0 Å². The van der Waals surface area contributed by atoms with Crippen LogP contribution in [-0.2, 0) is 9.53 Å². The molecule has 1 aromatic rings. The van der Waals surface area contributed by atoms with E-state index in [4.69, 9.17) is 9.47 Å². The highest BCUT2D eigenvalue weighted by Gasteiger charge is 2.34. The van der Waals surface area contributed by atoms with Gasteiger partial charge in [0, 0.05) is 6.54 Å². The lowest BCUT2D eigenvalue weighted by atomic mass is 10.2. The summed E-state index contributed by atoms with van der Waals surface area (Å²) in [6, 6.07) is 7.10. The van der Waals surface area contributed by atoms with Crippen molar-refractivity contribution in [1.29, 1.82) is 0 Å². The van der Waals surface area contributed by atoms with Gasteiger partial charge in [0.15, 0.2) is 5.76 Å². The summed E-state index contributed by atoms with van der Waals surface area (Å²) in [5.74, 6) is 0.368. The zero-order valence-corrected chi connectivity index (χ0v) is 10.2. The van der Waals surface area contributed by atoms with Crippen LogP contribution < -0.4 is 4.74 Å². The number of amides is 2. The Balaban J connectivity index is 2.23. The van der Waals surface area contributed by atoms with Crippen molar-refractivity contribution in [2.45, 2.75) is 6.92 Å². The molecule has 1 heterocycles. The first kappa shape index (κ1) is 12.2. The van der Waals surface area contributed by atoms with E-state index in [1.54, 1.807) is 38.3 Å². The van der Waals surface area contributed by atoms with Crippen LogP contribution >= 0.6 is 0 Å². The average Bonchev–Trinajstić information content (AvgIpc) is 2.65. The molecule has 1 aromatic carbocycles. The van der Waals surface area contributed by atoms with E-state index in [0.717, 1.165) is 16.2 Å². The van der Waals surface area contributed by atoms with Gasteiger partial charge in [-0.25, -0.2) is 9.69 Å². The highest BCUT2D eigenvalue weighted by molar-refractivity contribution is 6.09. The highest BCUT2D eigenvalue weighted by atomic mass is 16.6. The molecule has 0 aliphatic carbocycles. The summed E-state index contributed by atoms with van der Waals surface area (Å²) < 4.78 is 9.94. The number of hydrogen-bond acceptors (Lipinski definition) is 4. The van der Waals surface area contributed by atoms with Crippen LogP contribution in [0.15, 0.2) is 30.0 Å². The molecule has 1 aliphatic rings. The second kappa shape index (κ2) is 4.91. The third kappa shape index (κ3) is 2.20. The molecule has 0 atom stereocenters. The van der Waals surface area contributed by atoms with Gasteiger partial charge in [-0.1, -0.05) is 12.1 Å². The Morgan fingerprint density at radius 3 is 2.44 bits per heavy atom. The molecule has 0 saturated carbocycles. The maximum Gasteiger partial charge on any atom is 0.422 e. The van der Waals surface area contributed by atoms with Crippen molar-refractivity contribution in [2.24, 2.45) is 0 Å². The van der Waals surface area contributed by atoms with E-state index in [1.165, 1.54) is 6.08 Å². The number of nitrogens with zero attached hydrogens (tertiary/aromatic N) is 1. The Labute approximate surface area is 105 Å². The van der Waals surface area contributed by atoms with E-state index >= 15 is 0 Å². The van der Waals surface area contributed by atoms with Crippen LogP contribution in [0.5, 0.6) is 5.75 Å². The van der Waals surface area contributed by atoms with Gasteiger partial charge in [0.1, 0.15) is 5.75 Å². The lowest BCUT2D eigenvalue weighted by molar-refractivity contribution is -0.123. The summed E-state index contributed by atoms with van der Waals surface area (Å²) in [5.41, 5.74) is 0.768. The number of likely N-dealkylation sites (N-methyl/N-ethyl adjacent to an activating group) is 1. The summed E-state index contributed by atoms with van der Waals surface area (Å²) in [4.78, 5) is 24.2. The molecule has 2 rings (SSSR count). The second-order valence-corrected chi connectivity index (χ2v) is 3.70. The summed E-state index contributed by atoms with van der Waals surface area (Å²) in [7, 11) is 1.58. The van der Waals surface area contributed by atoms with Crippen LogP contribution in [0.3, 0.4) is 0 Å². The largest absolute Gasteiger partial charge is 0.497 e. The first-order chi connectivity index (χ1) is 8.65. The van der Waals surface area contributed by atoms with Crippen molar-refractivity contribution in [2.75, 3.05) is 13.7 Å². The molecule has 0 bridgehead atoms. The van der Waals surface area contributed by atoms with Crippen molar-refractivity contribution in [3.05, 3.63) is 35.6 Å². The zero-order valence-electron chi connectivity index (χ0n) is 10.2. The number of cyclic esters (lactones) is 1. The third-order valence-corrected chi connectivity index (χ3v) is 2.60. The number of ether oxygens (including phenoxy) is 2. The number of rotatable bonds is 3. The van der Waals surface area contributed by atoms with Gasteiger partial charge in [0.25, 0.3) is 5.91 Å². The number of hydrogen-bond donors (Lipinski definition) is 0. The second-order valence-electron chi connectivity index (χ2n) is 3.70. The maximum absolute atomic E-state index is 11.8. The molecule has 18 heavy (non-hydrogen) atoms. The average molecular weight is 247 g/mol. The van der Waals surface area contributed by atoms with E-state index in [-0.39, 0.29) is 5.76 Å². The summed E-state index contributed by atoms with van der Waals surface area (Å²) in [5, 5.41) is 0. The van der Waals surface area contributed by atoms with Crippen molar-refractivity contribution < 1.29 is 19.1 Å². The van der Waals surface area contributed by atoms with Gasteiger partial charge in [-0.05, 0) is 30.7 Å². The lowest BCUT2D eigenvalue weighted by Crippen LogP contribution is -2.28. The lowest BCUT2D eigenvalue weighted by Gasteiger charge is -2.03. The fourth-order valence-electron chi connectivity index (χ4n) is 1.62. The number of methoxy groups -OCH3 is 1. The Bertz CT molecular complexity index is 504. The van der Waals surface area contributed by atoms with Crippen LogP contribution in [0.4, 0.5) is 4.79 Å². The standard InChI is InChI=1S/C13H13NO4/c1-3-14-12(15)11(18-13(14)16)8-9-4-6-10(17-2)7-5-9/h4-8H,3H2,1-2H3/b11-8+. The molecule has 1 saturated heterocycles. The van der Waals surface area contributed by atoms with Crippen LogP contribution in [-0.4, -0.2) is 30.6 Å². The smallest absolute Gasteiger partial charge is 0.422 e. The fourth-order valence-corrected chi connectivity index (χ4v) is 1.62. The van der Waals surface area contributed by atoms with Gasteiger partial charge in [0.2, 0.25) is 0 Å². The van der Waals surface area contributed by atoms with Crippen molar-refractivity contribution in [3.63, 3.8) is 0 Å². The minimum absolute atomic E-state index is 0.0482. The molecule has 2 amide bonds. The molecule has 0 N–H and O–H groups in total. The SMILES string of the molecule is CCN1C(=O)O/C(=C/c2ccc(OC)cc2)C1=O. The monoisotopic (exact) mass is 247 g/mol. The normalized spacial score (nSPS) is 17.2. The van der Waals surface area contributed by atoms with Crippen LogP contribution in [0, 0.1) is 0 Å². The van der Waals surface area contributed by atoms with Gasteiger partial charge in [-0.3, -0.25) is 4.79 Å². The molecule has 0 radical (unpaired) electrons. The molecule has 1 aliphatic heterocycles. The Kier molecular flexibility index (Phi) is 3.32. The fraction of sp³-hybridized carbons (Fsp3) is 0.231. The van der Waals surface area contributed by atoms with E-state index < -0.39 is 12.0 Å². The van der Waals surface area contributed by atoms with Crippen LogP contribution in [0.25, 0.3) is 6.08 Å². The molecule has 94 valence electrons. The summed E-state index contributed by atoms with van der Waals surface area (Å²) in [6.07, 6.45) is 0.914. The Morgan fingerprint density at radius 1 is 1.28 bits per heavy atom. The first-order valence-corrected chi connectivity index (χ1v) is 5.55. The van der Waals surface area contributed by atoms with Gasteiger partial charge in [-0.15, -0.1) is 0 Å². The quantitative estimate of drug-likeness (QED) is 0.767. The van der Waals surface area contributed by atoms with Crippen molar-refractivity contribution >= 4 is 18.1 Å². The van der Waals surface area contributed by atoms with Gasteiger partial charge >= 0.3 is 6.09 Å².